The van der Waals surface area contributed by atoms with E-state index in [1.54, 1.807) is 17.1 Å². The highest BCUT2D eigenvalue weighted by atomic mass is 16.3. The SMILES string of the molecule is CCn1cc(C(=O)NC2(CO)CC=CC2)cn1. The molecule has 17 heavy (non-hydrogen) atoms. The van der Waals surface area contributed by atoms with Crippen molar-refractivity contribution in [2.24, 2.45) is 0 Å². The zero-order valence-electron chi connectivity index (χ0n) is 9.89. The fourth-order valence-electron chi connectivity index (χ4n) is 1.94. The van der Waals surface area contributed by atoms with E-state index in [2.05, 4.69) is 10.4 Å². The number of amides is 1. The molecule has 1 heterocycles. The first-order valence-corrected chi connectivity index (χ1v) is 5.80. The number of aliphatic hydroxyl groups excluding tert-OH is 1. The molecule has 0 aliphatic heterocycles. The molecule has 1 amide bonds. The molecule has 5 nitrogen and oxygen atoms in total. The van der Waals surface area contributed by atoms with Crippen molar-refractivity contribution in [1.82, 2.24) is 15.1 Å². The van der Waals surface area contributed by atoms with E-state index >= 15 is 0 Å². The van der Waals surface area contributed by atoms with Gasteiger partial charge in [-0.15, -0.1) is 0 Å². The maximum Gasteiger partial charge on any atom is 0.254 e. The van der Waals surface area contributed by atoms with Gasteiger partial charge in [-0.3, -0.25) is 9.48 Å². The van der Waals surface area contributed by atoms with Crippen molar-refractivity contribution in [1.29, 1.82) is 0 Å². The summed E-state index contributed by atoms with van der Waals surface area (Å²) in [5.74, 6) is -0.178. The van der Waals surface area contributed by atoms with Gasteiger partial charge in [0, 0.05) is 12.7 Å². The van der Waals surface area contributed by atoms with E-state index in [1.807, 2.05) is 19.1 Å². The molecule has 0 spiro atoms. The fourth-order valence-corrected chi connectivity index (χ4v) is 1.94. The Labute approximate surface area is 100 Å². The Morgan fingerprint density at radius 1 is 1.59 bits per heavy atom. The van der Waals surface area contributed by atoms with Crippen LogP contribution in [0, 0.1) is 0 Å². The van der Waals surface area contributed by atoms with E-state index in [9.17, 15) is 9.90 Å². The number of hydrogen-bond donors (Lipinski definition) is 2. The largest absolute Gasteiger partial charge is 0.394 e. The summed E-state index contributed by atoms with van der Waals surface area (Å²) in [7, 11) is 0. The van der Waals surface area contributed by atoms with Crippen LogP contribution >= 0.6 is 0 Å². The lowest BCUT2D eigenvalue weighted by Gasteiger charge is -2.27. The molecule has 0 unspecified atom stereocenters. The smallest absolute Gasteiger partial charge is 0.254 e. The average molecular weight is 235 g/mol. The Balaban J connectivity index is 2.05. The highest BCUT2D eigenvalue weighted by Crippen LogP contribution is 2.23. The standard InChI is InChI=1S/C12H17N3O2/c1-2-15-8-10(7-13-15)11(17)14-12(9-16)5-3-4-6-12/h3-4,7-8,16H,2,5-6,9H2,1H3,(H,14,17). The van der Waals surface area contributed by atoms with Crippen LogP contribution in [0.5, 0.6) is 0 Å². The van der Waals surface area contributed by atoms with E-state index in [1.165, 1.54) is 0 Å². The second kappa shape index (κ2) is 4.71. The van der Waals surface area contributed by atoms with E-state index in [-0.39, 0.29) is 12.5 Å². The third-order valence-corrected chi connectivity index (χ3v) is 3.08. The molecule has 0 fully saturated rings. The first-order valence-electron chi connectivity index (χ1n) is 5.80. The molecule has 1 aliphatic carbocycles. The van der Waals surface area contributed by atoms with Crippen LogP contribution in [-0.2, 0) is 6.54 Å². The van der Waals surface area contributed by atoms with Crippen LogP contribution in [0.25, 0.3) is 0 Å². The predicted molar refractivity (Wildman–Crippen MR) is 63.6 cm³/mol. The van der Waals surface area contributed by atoms with Gasteiger partial charge in [-0.25, -0.2) is 0 Å². The van der Waals surface area contributed by atoms with Crippen molar-refractivity contribution in [3.8, 4) is 0 Å². The van der Waals surface area contributed by atoms with Gasteiger partial charge in [-0.05, 0) is 19.8 Å². The zero-order chi connectivity index (χ0) is 12.3. The molecule has 2 rings (SSSR count). The minimum atomic E-state index is -0.522. The number of carbonyl (C=O) groups excluding carboxylic acids is 1. The van der Waals surface area contributed by atoms with Gasteiger partial charge in [-0.2, -0.15) is 5.10 Å². The molecule has 0 saturated carbocycles. The van der Waals surface area contributed by atoms with Crippen LogP contribution in [0.15, 0.2) is 24.5 Å². The van der Waals surface area contributed by atoms with Gasteiger partial charge in [0.1, 0.15) is 0 Å². The monoisotopic (exact) mass is 235 g/mol. The third kappa shape index (κ3) is 2.39. The molecular formula is C12H17N3O2. The second-order valence-electron chi connectivity index (χ2n) is 4.36. The van der Waals surface area contributed by atoms with Crippen LogP contribution in [0.1, 0.15) is 30.1 Å². The number of hydrogen-bond acceptors (Lipinski definition) is 3. The van der Waals surface area contributed by atoms with Crippen LogP contribution in [0.2, 0.25) is 0 Å². The summed E-state index contributed by atoms with van der Waals surface area (Å²) < 4.78 is 1.70. The summed E-state index contributed by atoms with van der Waals surface area (Å²) in [6.07, 6.45) is 8.57. The van der Waals surface area contributed by atoms with Crippen molar-refractivity contribution in [3.63, 3.8) is 0 Å². The summed E-state index contributed by atoms with van der Waals surface area (Å²) in [6, 6.07) is 0. The number of aryl methyl sites for hydroxylation is 1. The first kappa shape index (κ1) is 11.9. The molecular weight excluding hydrogens is 218 g/mol. The maximum atomic E-state index is 12.0. The summed E-state index contributed by atoms with van der Waals surface area (Å²) in [4.78, 5) is 12.0. The second-order valence-corrected chi connectivity index (χ2v) is 4.36. The molecule has 92 valence electrons. The minimum absolute atomic E-state index is 0.0480. The Morgan fingerprint density at radius 2 is 2.29 bits per heavy atom. The summed E-state index contributed by atoms with van der Waals surface area (Å²) in [6.45, 7) is 2.65. The lowest BCUT2D eigenvalue weighted by molar-refractivity contribution is 0.0845. The first-order chi connectivity index (χ1) is 8.19. The van der Waals surface area contributed by atoms with E-state index in [0.29, 0.717) is 18.4 Å². The number of aromatic nitrogens is 2. The Bertz CT molecular complexity index is 429. The molecule has 0 radical (unpaired) electrons. The van der Waals surface area contributed by atoms with Crippen molar-refractivity contribution in [3.05, 3.63) is 30.1 Å². The molecule has 0 atom stereocenters. The summed E-state index contributed by atoms with van der Waals surface area (Å²) in [5, 5.41) is 16.3. The Kier molecular flexibility index (Phi) is 3.28. The molecule has 1 aromatic heterocycles. The minimum Gasteiger partial charge on any atom is -0.394 e. The molecule has 1 aromatic rings. The van der Waals surface area contributed by atoms with E-state index in [0.717, 1.165) is 6.54 Å². The van der Waals surface area contributed by atoms with Gasteiger partial charge >= 0.3 is 0 Å². The number of nitrogens with zero attached hydrogens (tertiary/aromatic N) is 2. The van der Waals surface area contributed by atoms with Crippen LogP contribution in [-0.4, -0.2) is 32.9 Å². The number of nitrogens with one attached hydrogen (secondary N) is 1. The van der Waals surface area contributed by atoms with Gasteiger partial charge in [0.05, 0.1) is 23.9 Å². The lowest BCUT2D eigenvalue weighted by Crippen LogP contribution is -2.49. The summed E-state index contributed by atoms with van der Waals surface area (Å²) >= 11 is 0. The normalized spacial score (nSPS) is 17.3. The number of carbonyl (C=O) groups is 1. The van der Waals surface area contributed by atoms with Crippen LogP contribution in [0.4, 0.5) is 0 Å². The fraction of sp³-hybridized carbons (Fsp3) is 0.500. The zero-order valence-corrected chi connectivity index (χ0v) is 9.89. The van der Waals surface area contributed by atoms with Gasteiger partial charge in [-0.1, -0.05) is 12.2 Å². The quantitative estimate of drug-likeness (QED) is 0.755. The van der Waals surface area contributed by atoms with E-state index in [4.69, 9.17) is 0 Å². The van der Waals surface area contributed by atoms with Crippen LogP contribution in [0.3, 0.4) is 0 Å². The Morgan fingerprint density at radius 3 is 2.82 bits per heavy atom. The Hall–Kier alpha value is -1.62. The van der Waals surface area contributed by atoms with Gasteiger partial charge in [0.25, 0.3) is 5.91 Å². The van der Waals surface area contributed by atoms with E-state index < -0.39 is 5.54 Å². The lowest BCUT2D eigenvalue weighted by atomic mass is 9.97. The topological polar surface area (TPSA) is 67.2 Å². The van der Waals surface area contributed by atoms with Gasteiger partial charge in [0.2, 0.25) is 0 Å². The van der Waals surface area contributed by atoms with Crippen molar-refractivity contribution < 1.29 is 9.90 Å². The number of rotatable bonds is 4. The third-order valence-electron chi connectivity index (χ3n) is 3.08. The molecule has 1 aliphatic rings. The highest BCUT2D eigenvalue weighted by Gasteiger charge is 2.32. The molecule has 5 heteroatoms. The number of aliphatic hydroxyl groups is 1. The molecule has 0 aromatic carbocycles. The van der Waals surface area contributed by atoms with Crippen molar-refractivity contribution in [2.45, 2.75) is 31.8 Å². The average Bonchev–Trinajstić information content (AvgIpc) is 2.97. The van der Waals surface area contributed by atoms with Crippen molar-refractivity contribution in [2.75, 3.05) is 6.61 Å². The van der Waals surface area contributed by atoms with Crippen LogP contribution < -0.4 is 5.32 Å². The van der Waals surface area contributed by atoms with Crippen molar-refractivity contribution >= 4 is 5.91 Å². The highest BCUT2D eigenvalue weighted by molar-refractivity contribution is 5.94. The maximum absolute atomic E-state index is 12.0. The van der Waals surface area contributed by atoms with Gasteiger partial charge < -0.3 is 10.4 Å². The summed E-state index contributed by atoms with van der Waals surface area (Å²) in [5.41, 5.74) is 0.0114. The molecule has 0 saturated heterocycles. The molecule has 0 bridgehead atoms. The van der Waals surface area contributed by atoms with Gasteiger partial charge in [0.15, 0.2) is 0 Å². The predicted octanol–water partition coefficient (Wildman–Crippen LogP) is 0.714. The molecule has 2 N–H and O–H groups in total.